The number of ether oxygens (including phenoxy) is 1. The lowest BCUT2D eigenvalue weighted by Crippen LogP contribution is -2.70. The van der Waals surface area contributed by atoms with Crippen molar-refractivity contribution in [2.75, 3.05) is 0 Å². The Balaban J connectivity index is 4.14. The van der Waals surface area contributed by atoms with Gasteiger partial charge in [0, 0.05) is 30.5 Å². The van der Waals surface area contributed by atoms with E-state index in [9.17, 15) is 0 Å². The second-order valence-electron chi connectivity index (χ2n) is 25.4. The number of hydrogen-bond acceptors (Lipinski definition) is 5. The topological polar surface area (TPSA) is 60.4 Å². The Morgan fingerprint density at radius 1 is 0.587 bits per heavy atom. The van der Waals surface area contributed by atoms with Crippen LogP contribution in [0.4, 0.5) is 26.3 Å². The van der Waals surface area contributed by atoms with Crippen molar-refractivity contribution in [2.24, 2.45) is 16.2 Å². The van der Waals surface area contributed by atoms with Crippen LogP contribution in [0, 0.1) is 16.2 Å². The first-order chi connectivity index (χ1) is 26.9. The minimum absolute atomic E-state index is 0.00470. The fourth-order valence-corrected chi connectivity index (χ4v) is 23.7. The molecule has 0 aliphatic carbocycles. The Kier molecular flexibility index (Phi) is 16.7. The van der Waals surface area contributed by atoms with E-state index in [2.05, 4.69) is 0 Å². The highest BCUT2D eigenvalue weighted by atomic mass is 32.2. The van der Waals surface area contributed by atoms with E-state index < -0.39 is 103 Å². The highest BCUT2D eigenvalue weighted by Gasteiger charge is 2.84. The zero-order valence-electron chi connectivity index (χ0n) is 44.0. The molecule has 63 heavy (non-hydrogen) atoms. The van der Waals surface area contributed by atoms with Gasteiger partial charge in [-0.1, -0.05) is 148 Å². The molecule has 0 saturated heterocycles. The van der Waals surface area contributed by atoms with Crippen LogP contribution in [0.3, 0.4) is 0 Å². The van der Waals surface area contributed by atoms with E-state index >= 15 is 39.3 Å². The Morgan fingerprint density at radius 3 is 1.33 bits per heavy atom. The zero-order valence-corrected chi connectivity index (χ0v) is 47.5. The second-order valence-corrected chi connectivity index (χ2v) is 37.7. The maximum Gasteiger partial charge on any atom is 0.404 e. The summed E-state index contributed by atoms with van der Waals surface area (Å²) >= 11 is 1.12. The summed E-state index contributed by atoms with van der Waals surface area (Å²) in [5.41, 5.74) is -10.6. The first-order valence-corrected chi connectivity index (χ1v) is 27.2. The van der Waals surface area contributed by atoms with Gasteiger partial charge in [-0.3, -0.25) is 0 Å². The van der Waals surface area contributed by atoms with Gasteiger partial charge < -0.3 is 9.30 Å². The zero-order chi connectivity index (χ0) is 51.1. The van der Waals surface area contributed by atoms with Crippen molar-refractivity contribution in [3.8, 4) is 0 Å². The highest BCUT2D eigenvalue weighted by molar-refractivity contribution is 8.01. The van der Waals surface area contributed by atoms with Crippen molar-refractivity contribution < 1.29 is 44.1 Å². The highest BCUT2D eigenvalue weighted by Crippen LogP contribution is 2.77. The molecule has 4 nitrogen and oxygen atoms in total. The molecule has 0 bridgehead atoms. The predicted molar refractivity (Wildman–Crippen MR) is 263 cm³/mol. The number of hydrogen-bond donors (Lipinski definition) is 0. The molecule has 1 aromatic carbocycles. The molecule has 0 amide bonds. The normalized spacial score (nSPS) is 17.4. The molecule has 2 unspecified atom stereocenters. The Hall–Kier alpha value is -0.280. The van der Waals surface area contributed by atoms with E-state index in [0.29, 0.717) is 5.30 Å². The molecular weight excluding hydrogens is 893 g/mol. The van der Waals surface area contributed by atoms with Crippen molar-refractivity contribution in [3.05, 3.63) is 30.3 Å². The fourth-order valence-electron chi connectivity index (χ4n) is 10.6. The van der Waals surface area contributed by atoms with Crippen LogP contribution < -0.4 is 5.30 Å². The lowest BCUT2D eigenvalue weighted by atomic mass is 9.47. The average molecular weight is 981 g/mol. The molecule has 0 aliphatic heterocycles. The summed E-state index contributed by atoms with van der Waals surface area (Å²) in [5.74, 6) is 0. The van der Waals surface area contributed by atoms with Gasteiger partial charge in [0.05, 0.1) is 20.7 Å². The molecular formula is C49H88F6O4P2S2. The van der Waals surface area contributed by atoms with Crippen molar-refractivity contribution in [3.63, 3.8) is 0 Å². The maximum absolute atomic E-state index is 16.9. The molecule has 0 aliphatic rings. The molecule has 0 N–H and O–H groups in total. The van der Waals surface area contributed by atoms with Crippen molar-refractivity contribution in [1.82, 2.24) is 0 Å². The molecule has 0 radical (unpaired) electrons. The fraction of sp³-hybridized carbons (Fsp3) is 0.878. The van der Waals surface area contributed by atoms with Crippen LogP contribution in [-0.4, -0.2) is 71.6 Å². The first-order valence-electron chi connectivity index (χ1n) is 22.2. The Labute approximate surface area is 387 Å². The van der Waals surface area contributed by atoms with Gasteiger partial charge in [-0.2, -0.15) is 26.3 Å². The van der Waals surface area contributed by atoms with E-state index in [1.54, 1.807) is 106 Å². The van der Waals surface area contributed by atoms with Crippen LogP contribution in [0.2, 0.25) is 0 Å². The second kappa shape index (κ2) is 17.3. The molecule has 372 valence electrons. The van der Waals surface area contributed by atoms with E-state index in [1.165, 1.54) is 13.8 Å². The number of thioether (sulfide) groups is 1. The van der Waals surface area contributed by atoms with Gasteiger partial charge in [0.15, 0.2) is 15.3 Å². The molecule has 1 aromatic rings. The third-order valence-electron chi connectivity index (χ3n) is 15.9. The van der Waals surface area contributed by atoms with E-state index in [0.717, 1.165) is 39.5 Å². The third-order valence-corrected chi connectivity index (χ3v) is 29.1. The molecule has 0 heterocycles. The number of rotatable bonds is 18. The smallest absolute Gasteiger partial charge is 0.368 e. The standard InChI is InChI=1S/C49H88F6O4P2S2/c1-35(2,3)59-40(13,14)45(23,24)63(57,58)46(25,26)43(19,20)61(56,34-30-28-27-29-31-34)42(17,18)41(15,16)60-38(9,10)33-32-37(7,8)47(48(50,51)52,49(53,54)55)39(11,12)44(21,22)62-36(4,5)6/h27-31,60H,32-33H2,1-26H3. The van der Waals surface area contributed by atoms with Crippen LogP contribution in [0.5, 0.6) is 0 Å². The van der Waals surface area contributed by atoms with Gasteiger partial charge >= 0.3 is 12.4 Å². The van der Waals surface area contributed by atoms with E-state index in [-0.39, 0.29) is 15.0 Å². The van der Waals surface area contributed by atoms with Crippen molar-refractivity contribution in [2.45, 2.75) is 256 Å². The van der Waals surface area contributed by atoms with Gasteiger partial charge in [0.2, 0.25) is 0 Å². The van der Waals surface area contributed by atoms with Gasteiger partial charge in [-0.25, -0.2) is 8.42 Å². The summed E-state index contributed by atoms with van der Waals surface area (Å²) in [6, 6.07) is 8.89. The molecule has 1 rings (SSSR count). The molecule has 0 aromatic heterocycles. The summed E-state index contributed by atoms with van der Waals surface area (Å²) in [5, 5.41) is -3.88. The SMILES string of the molecule is CC(C)(C)OC(C)(C)C(C)(C)S(=O)(=O)C(C)(C)C(C)(C)P(=O)(c1ccccc1)C(C)(C)C(C)(C)PC(C)(C)CCC(C)(C)C(C(F)(F)F)(C(F)(F)F)C(C)(C)C(C)(C)SC(C)(C)C. The van der Waals surface area contributed by atoms with Crippen LogP contribution in [0.25, 0.3) is 0 Å². The molecule has 14 heteroatoms. The number of benzene rings is 1. The number of halogens is 6. The number of alkyl halides is 6. The van der Waals surface area contributed by atoms with E-state index in [1.807, 2.05) is 62.3 Å². The lowest BCUT2D eigenvalue weighted by molar-refractivity contribution is -0.412. The molecule has 0 saturated carbocycles. The largest absolute Gasteiger partial charge is 0.404 e. The Bertz CT molecular complexity index is 1890. The minimum Gasteiger partial charge on any atom is -0.368 e. The lowest BCUT2D eigenvalue weighted by Gasteiger charge is -2.62. The Morgan fingerprint density at radius 2 is 0.984 bits per heavy atom. The van der Waals surface area contributed by atoms with Gasteiger partial charge in [-0.05, 0) is 90.9 Å². The van der Waals surface area contributed by atoms with Crippen LogP contribution >= 0.6 is 27.5 Å². The van der Waals surface area contributed by atoms with Crippen LogP contribution in [-0.2, 0) is 19.1 Å². The van der Waals surface area contributed by atoms with E-state index in [4.69, 9.17) is 4.74 Å². The summed E-state index contributed by atoms with van der Waals surface area (Å²) in [7, 11) is -8.31. The summed E-state index contributed by atoms with van der Waals surface area (Å²) in [6.45, 7) is 43.4. The van der Waals surface area contributed by atoms with Gasteiger partial charge in [-0.15, -0.1) is 20.3 Å². The molecule has 0 spiro atoms. The van der Waals surface area contributed by atoms with Gasteiger partial charge in [0.25, 0.3) is 0 Å². The van der Waals surface area contributed by atoms with Crippen molar-refractivity contribution in [1.29, 1.82) is 0 Å². The number of sulfone groups is 1. The predicted octanol–water partition coefficient (Wildman–Crippen LogP) is 16.3. The third kappa shape index (κ3) is 10.2. The van der Waals surface area contributed by atoms with Gasteiger partial charge in [0.1, 0.15) is 7.14 Å². The maximum atomic E-state index is 16.9. The monoisotopic (exact) mass is 981 g/mol. The molecule has 0 fully saturated rings. The quantitative estimate of drug-likeness (QED) is 0.108. The first kappa shape index (κ1) is 60.7. The minimum atomic E-state index is -5.66. The summed E-state index contributed by atoms with van der Waals surface area (Å²) < 4.78 is 144. The van der Waals surface area contributed by atoms with Crippen molar-refractivity contribution >= 4 is 42.6 Å². The van der Waals surface area contributed by atoms with Crippen LogP contribution in [0.15, 0.2) is 30.3 Å². The summed E-state index contributed by atoms with van der Waals surface area (Å²) in [4.78, 5) is 0. The van der Waals surface area contributed by atoms with Crippen LogP contribution in [0.1, 0.15) is 193 Å². The molecule has 2 atom stereocenters. The summed E-state index contributed by atoms with van der Waals surface area (Å²) in [6.07, 6.45) is -11.7. The average Bonchev–Trinajstić information content (AvgIpc) is 2.99.